The highest BCUT2D eigenvalue weighted by Gasteiger charge is 2.18. The van der Waals surface area contributed by atoms with Crippen LogP contribution in [0.4, 0.5) is 11.4 Å². The van der Waals surface area contributed by atoms with Gasteiger partial charge in [-0.15, -0.1) is 0 Å². The smallest absolute Gasteiger partial charge is 0.274 e. The predicted molar refractivity (Wildman–Crippen MR) is 125 cm³/mol. The third-order valence-corrected chi connectivity index (χ3v) is 5.83. The zero-order valence-electron chi connectivity index (χ0n) is 17.1. The lowest BCUT2D eigenvalue weighted by molar-refractivity contribution is 0.102. The zero-order chi connectivity index (χ0) is 22.1. The molecule has 0 saturated carbocycles. The molecule has 1 fully saturated rings. The molecule has 1 aliphatic heterocycles. The van der Waals surface area contributed by atoms with Gasteiger partial charge in [0.15, 0.2) is 0 Å². The Labute approximate surface area is 189 Å². The van der Waals surface area contributed by atoms with Crippen LogP contribution in [-0.4, -0.2) is 51.7 Å². The minimum absolute atomic E-state index is 0.0146. The number of hydrogen-bond acceptors (Lipinski definition) is 6. The molecule has 0 aliphatic carbocycles. The number of carbonyl (C=O) groups excluding carboxylic acids is 1. The molecule has 1 aromatic carbocycles. The standard InChI is InChI=1S/C23H21ClN6O2/c24-17-4-1-3-15-16(17)14-30(23(15)32)21-6-2-5-18(27-21)22(31)28-19-13-26-8-7-20(19)29-11-9-25-10-12-29/h1-8,13-14,25,32H,9-12H2,(H,28,31). The second kappa shape index (κ2) is 8.49. The number of amides is 1. The van der Waals surface area contributed by atoms with Crippen LogP contribution in [0.5, 0.6) is 5.88 Å². The third kappa shape index (κ3) is 3.74. The highest BCUT2D eigenvalue weighted by molar-refractivity contribution is 6.35. The van der Waals surface area contributed by atoms with Crippen LogP contribution in [0.15, 0.2) is 61.1 Å². The molecule has 1 amide bonds. The van der Waals surface area contributed by atoms with E-state index in [4.69, 9.17) is 11.6 Å². The molecular weight excluding hydrogens is 428 g/mol. The highest BCUT2D eigenvalue weighted by Crippen LogP contribution is 2.33. The Hall–Kier alpha value is -3.62. The number of nitrogens with one attached hydrogen (secondary N) is 2. The topological polar surface area (TPSA) is 95.3 Å². The number of nitrogens with zero attached hydrogens (tertiary/aromatic N) is 4. The van der Waals surface area contributed by atoms with E-state index >= 15 is 0 Å². The minimum atomic E-state index is -0.356. The van der Waals surface area contributed by atoms with E-state index in [1.807, 2.05) is 6.07 Å². The van der Waals surface area contributed by atoms with E-state index in [9.17, 15) is 9.90 Å². The number of hydrogen-bond donors (Lipinski definition) is 3. The molecule has 0 bridgehead atoms. The number of benzene rings is 1. The number of anilines is 2. The van der Waals surface area contributed by atoms with Crippen molar-refractivity contribution in [3.05, 3.63) is 71.8 Å². The third-order valence-electron chi connectivity index (χ3n) is 5.50. The van der Waals surface area contributed by atoms with Gasteiger partial charge in [0.1, 0.15) is 11.5 Å². The van der Waals surface area contributed by atoms with Crippen molar-refractivity contribution in [1.29, 1.82) is 0 Å². The normalized spacial score (nSPS) is 14.0. The first-order valence-corrected chi connectivity index (χ1v) is 10.7. The van der Waals surface area contributed by atoms with Gasteiger partial charge >= 0.3 is 0 Å². The molecule has 3 N–H and O–H groups in total. The van der Waals surface area contributed by atoms with Crippen LogP contribution >= 0.6 is 11.6 Å². The van der Waals surface area contributed by atoms with Crippen LogP contribution in [0, 0.1) is 0 Å². The Bertz CT molecular complexity index is 1300. The van der Waals surface area contributed by atoms with Crippen molar-refractivity contribution < 1.29 is 9.90 Å². The summed E-state index contributed by atoms with van der Waals surface area (Å²) < 4.78 is 1.52. The highest BCUT2D eigenvalue weighted by atomic mass is 35.5. The van der Waals surface area contributed by atoms with Crippen LogP contribution in [0.3, 0.4) is 0 Å². The van der Waals surface area contributed by atoms with Crippen molar-refractivity contribution >= 4 is 39.7 Å². The monoisotopic (exact) mass is 448 g/mol. The van der Waals surface area contributed by atoms with Gasteiger partial charge in [0.25, 0.3) is 5.91 Å². The van der Waals surface area contributed by atoms with E-state index in [1.54, 1.807) is 55.0 Å². The van der Waals surface area contributed by atoms with E-state index in [1.165, 1.54) is 4.57 Å². The maximum absolute atomic E-state index is 13.0. The van der Waals surface area contributed by atoms with E-state index in [0.29, 0.717) is 27.3 Å². The molecular formula is C23H21ClN6O2. The number of aromatic hydroxyl groups is 1. The molecule has 4 heterocycles. The lowest BCUT2D eigenvalue weighted by atomic mass is 10.2. The fraction of sp³-hybridized carbons (Fsp3) is 0.174. The van der Waals surface area contributed by atoms with Gasteiger partial charge in [-0.1, -0.05) is 23.7 Å². The molecule has 0 radical (unpaired) electrons. The molecule has 1 saturated heterocycles. The van der Waals surface area contributed by atoms with Crippen LogP contribution in [0.1, 0.15) is 10.5 Å². The van der Waals surface area contributed by atoms with E-state index in [0.717, 1.165) is 31.9 Å². The van der Waals surface area contributed by atoms with Crippen LogP contribution < -0.4 is 15.5 Å². The summed E-state index contributed by atoms with van der Waals surface area (Å²) in [5, 5.41) is 18.8. The number of rotatable bonds is 4. The summed E-state index contributed by atoms with van der Waals surface area (Å²) in [7, 11) is 0. The Morgan fingerprint density at radius 2 is 1.91 bits per heavy atom. The van der Waals surface area contributed by atoms with Gasteiger partial charge in [0.2, 0.25) is 5.88 Å². The predicted octanol–water partition coefficient (Wildman–Crippen LogP) is 3.44. The summed E-state index contributed by atoms with van der Waals surface area (Å²) in [5.74, 6) is 0.0715. The van der Waals surface area contributed by atoms with Gasteiger partial charge in [0.05, 0.1) is 22.6 Å². The largest absolute Gasteiger partial charge is 0.494 e. The average molecular weight is 449 g/mol. The van der Waals surface area contributed by atoms with Crippen molar-refractivity contribution in [3.63, 3.8) is 0 Å². The molecule has 0 atom stereocenters. The summed E-state index contributed by atoms with van der Waals surface area (Å²) in [5.41, 5.74) is 1.78. The van der Waals surface area contributed by atoms with Crippen molar-refractivity contribution in [2.75, 3.05) is 36.4 Å². The first-order valence-electron chi connectivity index (χ1n) is 10.3. The Morgan fingerprint density at radius 3 is 2.72 bits per heavy atom. The van der Waals surface area contributed by atoms with Gasteiger partial charge in [-0.25, -0.2) is 4.98 Å². The van der Waals surface area contributed by atoms with Crippen molar-refractivity contribution in [1.82, 2.24) is 19.9 Å². The Morgan fingerprint density at radius 1 is 1.09 bits per heavy atom. The first-order chi connectivity index (χ1) is 15.6. The lowest BCUT2D eigenvalue weighted by Gasteiger charge is -2.30. The lowest BCUT2D eigenvalue weighted by Crippen LogP contribution is -2.43. The molecule has 1 aliphatic rings. The maximum Gasteiger partial charge on any atom is 0.274 e. The molecule has 162 valence electrons. The number of fused-ring (bicyclic) bond motifs is 1. The quantitative estimate of drug-likeness (QED) is 0.442. The summed E-state index contributed by atoms with van der Waals surface area (Å²) in [6.07, 6.45) is 5.07. The van der Waals surface area contributed by atoms with E-state index in [2.05, 4.69) is 25.5 Å². The van der Waals surface area contributed by atoms with Gasteiger partial charge in [-0.05, 0) is 30.3 Å². The maximum atomic E-state index is 13.0. The molecule has 32 heavy (non-hydrogen) atoms. The van der Waals surface area contributed by atoms with E-state index < -0.39 is 0 Å². The van der Waals surface area contributed by atoms with Gasteiger partial charge in [-0.2, -0.15) is 0 Å². The summed E-state index contributed by atoms with van der Waals surface area (Å²) in [6, 6.07) is 12.3. The molecule has 4 aromatic rings. The minimum Gasteiger partial charge on any atom is -0.494 e. The second-order valence-electron chi connectivity index (χ2n) is 7.49. The number of piperazine rings is 1. The van der Waals surface area contributed by atoms with Crippen LogP contribution in [0.25, 0.3) is 16.6 Å². The summed E-state index contributed by atoms with van der Waals surface area (Å²) in [6.45, 7) is 3.48. The van der Waals surface area contributed by atoms with Gasteiger partial charge in [-0.3, -0.25) is 14.3 Å². The molecule has 9 heteroatoms. The van der Waals surface area contributed by atoms with Gasteiger partial charge < -0.3 is 20.6 Å². The SMILES string of the molecule is O=C(Nc1cnccc1N1CCNCC1)c1cccc(-n2cc3c(Cl)cccc3c2O)n1. The summed E-state index contributed by atoms with van der Waals surface area (Å²) >= 11 is 6.26. The van der Waals surface area contributed by atoms with Crippen LogP contribution in [0.2, 0.25) is 5.02 Å². The van der Waals surface area contributed by atoms with Crippen molar-refractivity contribution in [2.24, 2.45) is 0 Å². The number of aromatic nitrogens is 3. The average Bonchev–Trinajstić information content (AvgIpc) is 3.18. The zero-order valence-corrected chi connectivity index (χ0v) is 17.9. The summed E-state index contributed by atoms with van der Waals surface area (Å²) in [4.78, 5) is 23.9. The molecule has 3 aromatic heterocycles. The Kier molecular flexibility index (Phi) is 5.38. The fourth-order valence-corrected chi connectivity index (χ4v) is 4.12. The van der Waals surface area contributed by atoms with Crippen molar-refractivity contribution in [2.45, 2.75) is 0 Å². The first kappa shape index (κ1) is 20.3. The second-order valence-corrected chi connectivity index (χ2v) is 7.90. The molecule has 0 unspecified atom stereocenters. The molecule has 5 rings (SSSR count). The van der Waals surface area contributed by atoms with E-state index in [-0.39, 0.29) is 17.5 Å². The number of pyridine rings is 2. The van der Waals surface area contributed by atoms with Crippen molar-refractivity contribution in [3.8, 4) is 11.7 Å². The fourth-order valence-electron chi connectivity index (χ4n) is 3.89. The van der Waals surface area contributed by atoms with Crippen LogP contribution in [-0.2, 0) is 0 Å². The van der Waals surface area contributed by atoms with Gasteiger partial charge in [0, 0.05) is 49.3 Å². The number of carbonyl (C=O) groups is 1. The molecule has 8 nitrogen and oxygen atoms in total. The molecule has 0 spiro atoms. The number of halogens is 1. The Balaban J connectivity index is 1.44.